The van der Waals surface area contributed by atoms with Crippen molar-refractivity contribution in [3.05, 3.63) is 29.3 Å². The minimum atomic E-state index is 0.0571. The number of thioether (sulfide) groups is 1. The summed E-state index contributed by atoms with van der Waals surface area (Å²) in [6, 6.07) is 7.56. The van der Waals surface area contributed by atoms with Crippen LogP contribution in [0.3, 0.4) is 0 Å². The molecule has 0 aliphatic carbocycles. The molecule has 0 heterocycles. The molecule has 0 saturated carbocycles. The van der Waals surface area contributed by atoms with Crippen LogP contribution in [0.25, 0.3) is 0 Å². The molecule has 1 aromatic carbocycles. The second kappa shape index (κ2) is 7.75. The lowest BCUT2D eigenvalue weighted by Gasteiger charge is -2.09. The molecule has 0 aliphatic rings. The van der Waals surface area contributed by atoms with Crippen LogP contribution in [-0.4, -0.2) is 25.3 Å². The fourth-order valence-electron chi connectivity index (χ4n) is 1.31. The van der Waals surface area contributed by atoms with Gasteiger partial charge in [0.1, 0.15) is 5.78 Å². The molecule has 17 heavy (non-hydrogen) atoms. The van der Waals surface area contributed by atoms with E-state index in [-0.39, 0.29) is 11.7 Å². The first-order valence-corrected chi connectivity index (χ1v) is 6.90. The van der Waals surface area contributed by atoms with E-state index in [1.165, 1.54) is 11.8 Å². The smallest absolute Gasteiger partial charge is 0.145 e. The van der Waals surface area contributed by atoms with E-state index in [4.69, 9.17) is 16.3 Å². The molecule has 0 aliphatic heterocycles. The van der Waals surface area contributed by atoms with Crippen LogP contribution in [0.15, 0.2) is 29.2 Å². The summed E-state index contributed by atoms with van der Waals surface area (Å²) in [6.45, 7) is 2.58. The molecule has 1 aromatic rings. The first kappa shape index (κ1) is 14.6. The standard InChI is InChI=1S/C13H17ClO2S/c1-10(6-7-16-2)13(15)9-17-12-5-3-4-11(14)8-12/h3-5,8,10H,6-7,9H2,1-2H3. The molecule has 4 heteroatoms. The number of rotatable bonds is 7. The Bertz CT molecular complexity index is 368. The Morgan fingerprint density at radius 3 is 2.94 bits per heavy atom. The predicted octanol–water partition coefficient (Wildman–Crippen LogP) is 3.67. The number of hydrogen-bond donors (Lipinski definition) is 0. The lowest BCUT2D eigenvalue weighted by atomic mass is 10.1. The minimum absolute atomic E-state index is 0.0571. The Labute approximate surface area is 112 Å². The van der Waals surface area contributed by atoms with E-state index >= 15 is 0 Å². The molecule has 1 atom stereocenters. The number of ketones is 1. The van der Waals surface area contributed by atoms with Crippen molar-refractivity contribution in [2.24, 2.45) is 5.92 Å². The number of hydrogen-bond acceptors (Lipinski definition) is 3. The van der Waals surface area contributed by atoms with Crippen molar-refractivity contribution in [1.29, 1.82) is 0 Å². The highest BCUT2D eigenvalue weighted by Gasteiger charge is 2.12. The van der Waals surface area contributed by atoms with Gasteiger partial charge in [0, 0.05) is 29.6 Å². The topological polar surface area (TPSA) is 26.3 Å². The molecule has 94 valence electrons. The minimum Gasteiger partial charge on any atom is -0.385 e. The van der Waals surface area contributed by atoms with Crippen LogP contribution >= 0.6 is 23.4 Å². The Morgan fingerprint density at radius 1 is 1.53 bits per heavy atom. The molecule has 0 aromatic heterocycles. The van der Waals surface area contributed by atoms with Crippen molar-refractivity contribution in [2.45, 2.75) is 18.2 Å². The average Bonchev–Trinajstić information content (AvgIpc) is 2.33. The van der Waals surface area contributed by atoms with E-state index in [9.17, 15) is 4.79 Å². The van der Waals surface area contributed by atoms with Gasteiger partial charge in [-0.2, -0.15) is 0 Å². The second-order valence-electron chi connectivity index (χ2n) is 3.89. The summed E-state index contributed by atoms with van der Waals surface area (Å²) in [5.41, 5.74) is 0. The van der Waals surface area contributed by atoms with E-state index in [1.807, 2.05) is 31.2 Å². The largest absolute Gasteiger partial charge is 0.385 e. The summed E-state index contributed by atoms with van der Waals surface area (Å²) in [5.74, 6) is 0.805. The van der Waals surface area contributed by atoms with Gasteiger partial charge in [-0.3, -0.25) is 4.79 Å². The molecule has 0 saturated heterocycles. The molecule has 0 N–H and O–H groups in total. The van der Waals surface area contributed by atoms with Crippen LogP contribution in [-0.2, 0) is 9.53 Å². The summed E-state index contributed by atoms with van der Waals surface area (Å²) >= 11 is 7.41. The maximum absolute atomic E-state index is 11.8. The average molecular weight is 273 g/mol. The summed E-state index contributed by atoms with van der Waals surface area (Å²) in [7, 11) is 1.65. The molecular weight excluding hydrogens is 256 g/mol. The lowest BCUT2D eigenvalue weighted by Crippen LogP contribution is -2.15. The Balaban J connectivity index is 2.37. The van der Waals surface area contributed by atoms with Gasteiger partial charge in [-0.25, -0.2) is 0 Å². The van der Waals surface area contributed by atoms with E-state index in [0.29, 0.717) is 17.4 Å². The van der Waals surface area contributed by atoms with Crippen LogP contribution < -0.4 is 0 Å². The normalized spacial score (nSPS) is 12.4. The van der Waals surface area contributed by atoms with Gasteiger partial charge in [0.15, 0.2) is 0 Å². The fourth-order valence-corrected chi connectivity index (χ4v) is 2.54. The fraction of sp³-hybridized carbons (Fsp3) is 0.462. The number of carbonyl (C=O) groups excluding carboxylic acids is 1. The highest BCUT2D eigenvalue weighted by molar-refractivity contribution is 8.00. The molecule has 0 fully saturated rings. The van der Waals surface area contributed by atoms with Crippen LogP contribution in [0.2, 0.25) is 5.02 Å². The third-order valence-electron chi connectivity index (χ3n) is 2.48. The van der Waals surface area contributed by atoms with Gasteiger partial charge in [-0.1, -0.05) is 24.6 Å². The second-order valence-corrected chi connectivity index (χ2v) is 5.38. The van der Waals surface area contributed by atoms with E-state index in [0.717, 1.165) is 11.3 Å². The predicted molar refractivity (Wildman–Crippen MR) is 72.8 cm³/mol. The van der Waals surface area contributed by atoms with Crippen LogP contribution in [0.5, 0.6) is 0 Å². The third-order valence-corrected chi connectivity index (χ3v) is 3.73. The Morgan fingerprint density at radius 2 is 2.29 bits per heavy atom. The lowest BCUT2D eigenvalue weighted by molar-refractivity contribution is -0.120. The van der Waals surface area contributed by atoms with Crippen molar-refractivity contribution in [1.82, 2.24) is 0 Å². The first-order chi connectivity index (χ1) is 8.13. The van der Waals surface area contributed by atoms with Crippen molar-refractivity contribution in [3.8, 4) is 0 Å². The van der Waals surface area contributed by atoms with Gasteiger partial charge in [-0.05, 0) is 24.6 Å². The summed E-state index contributed by atoms with van der Waals surface area (Å²) in [5, 5.41) is 0.704. The van der Waals surface area contributed by atoms with Crippen LogP contribution in [0.1, 0.15) is 13.3 Å². The van der Waals surface area contributed by atoms with Crippen molar-refractivity contribution in [3.63, 3.8) is 0 Å². The number of halogens is 1. The van der Waals surface area contributed by atoms with Gasteiger partial charge in [0.2, 0.25) is 0 Å². The highest BCUT2D eigenvalue weighted by atomic mass is 35.5. The monoisotopic (exact) mass is 272 g/mol. The van der Waals surface area contributed by atoms with Gasteiger partial charge in [0.25, 0.3) is 0 Å². The summed E-state index contributed by atoms with van der Waals surface area (Å²) in [4.78, 5) is 12.8. The number of methoxy groups -OCH3 is 1. The molecule has 1 unspecified atom stereocenters. The molecule has 0 radical (unpaired) electrons. The quantitative estimate of drug-likeness (QED) is 0.709. The zero-order valence-electron chi connectivity index (χ0n) is 10.1. The molecule has 1 rings (SSSR count). The maximum atomic E-state index is 11.8. The SMILES string of the molecule is COCCC(C)C(=O)CSc1cccc(Cl)c1. The Kier molecular flexibility index (Phi) is 6.63. The van der Waals surface area contributed by atoms with E-state index in [1.54, 1.807) is 7.11 Å². The third kappa shape index (κ3) is 5.57. The molecule has 0 amide bonds. The molecular formula is C13H17ClO2S. The van der Waals surface area contributed by atoms with E-state index < -0.39 is 0 Å². The molecule has 2 nitrogen and oxygen atoms in total. The Hall–Kier alpha value is -0.510. The maximum Gasteiger partial charge on any atom is 0.145 e. The molecule has 0 bridgehead atoms. The van der Waals surface area contributed by atoms with Gasteiger partial charge in [-0.15, -0.1) is 11.8 Å². The zero-order chi connectivity index (χ0) is 12.7. The van der Waals surface area contributed by atoms with Crippen molar-refractivity contribution in [2.75, 3.05) is 19.5 Å². The van der Waals surface area contributed by atoms with Crippen molar-refractivity contribution < 1.29 is 9.53 Å². The number of benzene rings is 1. The highest BCUT2D eigenvalue weighted by Crippen LogP contribution is 2.22. The van der Waals surface area contributed by atoms with E-state index in [2.05, 4.69) is 0 Å². The summed E-state index contributed by atoms with van der Waals surface area (Å²) in [6.07, 6.45) is 0.783. The van der Waals surface area contributed by atoms with Gasteiger partial charge < -0.3 is 4.74 Å². The molecule has 0 spiro atoms. The zero-order valence-corrected chi connectivity index (χ0v) is 11.7. The number of Topliss-reactive ketones (excluding diaryl/α,β-unsaturated/α-hetero) is 1. The van der Waals surface area contributed by atoms with Gasteiger partial charge >= 0.3 is 0 Å². The number of ether oxygens (including phenoxy) is 1. The van der Waals surface area contributed by atoms with Gasteiger partial charge in [0.05, 0.1) is 5.75 Å². The van der Waals surface area contributed by atoms with Crippen LogP contribution in [0.4, 0.5) is 0 Å². The van der Waals surface area contributed by atoms with Crippen molar-refractivity contribution >= 4 is 29.1 Å². The first-order valence-electron chi connectivity index (χ1n) is 5.53. The van der Waals surface area contributed by atoms with Crippen LogP contribution in [0, 0.1) is 5.92 Å². The number of carbonyl (C=O) groups is 1. The summed E-state index contributed by atoms with van der Waals surface area (Å²) < 4.78 is 4.96.